The van der Waals surface area contributed by atoms with Gasteiger partial charge in [-0.05, 0) is 69.9 Å². The van der Waals surface area contributed by atoms with Crippen molar-refractivity contribution in [1.29, 1.82) is 0 Å². The Morgan fingerprint density at radius 3 is 2.00 bits per heavy atom. The van der Waals surface area contributed by atoms with E-state index in [1.807, 2.05) is 12.2 Å². The zero-order chi connectivity index (χ0) is 36.8. The van der Waals surface area contributed by atoms with Crippen molar-refractivity contribution in [2.75, 3.05) is 5.32 Å². The molecular weight excluding hydrogens is 648 g/mol. The molecule has 0 radical (unpaired) electrons. The fraction of sp³-hybridized carbons (Fsp3) is 0.400. The van der Waals surface area contributed by atoms with E-state index in [0.717, 1.165) is 38.5 Å². The summed E-state index contributed by atoms with van der Waals surface area (Å²) in [4.78, 5) is 75.3. The average molecular weight is 699 g/mol. The lowest BCUT2D eigenvalue weighted by molar-refractivity contribution is -0.142. The molecule has 3 rings (SSSR count). The summed E-state index contributed by atoms with van der Waals surface area (Å²) in [6, 6.07) is 2.82. The number of amides is 5. The highest BCUT2D eigenvalue weighted by molar-refractivity contribution is 6.06. The highest BCUT2D eigenvalue weighted by Crippen LogP contribution is 2.32. The molecule has 1 aromatic carbocycles. The highest BCUT2D eigenvalue weighted by Gasteiger charge is 2.40. The monoisotopic (exact) mass is 698 g/mol. The van der Waals surface area contributed by atoms with Crippen LogP contribution in [0, 0.1) is 0 Å². The van der Waals surface area contributed by atoms with E-state index in [2.05, 4.69) is 83.6 Å². The Hall–Kier alpha value is -5.32. The van der Waals surface area contributed by atoms with Gasteiger partial charge in [0.25, 0.3) is 5.91 Å². The Kier molecular flexibility index (Phi) is 17.6. The summed E-state index contributed by atoms with van der Waals surface area (Å²) in [5.41, 5.74) is 1.27. The van der Waals surface area contributed by atoms with Crippen molar-refractivity contribution in [3.8, 4) is 0 Å². The lowest BCUT2D eigenvalue weighted by atomic mass is 10.0. The molecule has 5 amide bonds. The third-order valence-corrected chi connectivity index (χ3v) is 8.28. The number of carboxylic acids is 1. The standard InChI is InChI=1S/C40H50N4O7/c1-2-3-4-5-6-7-8-9-10-11-12-13-14-15-16-17-18-19-20-24-35(45)42-33(40(50)51)25-27-36(46)41-32-23-21-22-30-31(32)29-44(39(30)49)34-26-28-37(47)43-38(34)48/h3-4,6-7,9-10,12-13,15-16,18-19,21-23,33-34H,2,5,8,11,14,17,20,24-29H2,1H3,(H,41,46)(H,42,45)(H,50,51)(H,43,47,48)/b4-3-,7-6-,10-9-,13-12-,16-15-,19-18-/t33?,34-/m0/s1. The Labute approximate surface area is 300 Å². The molecule has 11 nitrogen and oxygen atoms in total. The minimum Gasteiger partial charge on any atom is -0.480 e. The van der Waals surface area contributed by atoms with Crippen molar-refractivity contribution in [3.05, 3.63) is 102 Å². The Morgan fingerprint density at radius 2 is 1.43 bits per heavy atom. The Morgan fingerprint density at radius 1 is 0.843 bits per heavy atom. The molecule has 0 aliphatic carbocycles. The van der Waals surface area contributed by atoms with E-state index in [-0.39, 0.29) is 50.5 Å². The number of hydrogen-bond acceptors (Lipinski definition) is 6. The molecule has 272 valence electrons. The number of anilines is 1. The van der Waals surface area contributed by atoms with E-state index in [1.54, 1.807) is 18.2 Å². The van der Waals surface area contributed by atoms with Gasteiger partial charge >= 0.3 is 5.97 Å². The molecule has 1 fully saturated rings. The minimum atomic E-state index is -1.24. The van der Waals surface area contributed by atoms with Crippen LogP contribution >= 0.6 is 0 Å². The molecule has 4 N–H and O–H groups in total. The fourth-order valence-electron chi connectivity index (χ4n) is 5.57. The largest absolute Gasteiger partial charge is 0.480 e. The number of benzene rings is 1. The van der Waals surface area contributed by atoms with E-state index in [0.29, 0.717) is 23.2 Å². The number of carboxylic acid groups (broad SMARTS) is 1. The van der Waals surface area contributed by atoms with Crippen LogP contribution in [-0.2, 0) is 30.5 Å². The van der Waals surface area contributed by atoms with Crippen LogP contribution in [0.15, 0.2) is 91.1 Å². The molecule has 51 heavy (non-hydrogen) atoms. The van der Waals surface area contributed by atoms with Crippen LogP contribution < -0.4 is 16.0 Å². The van der Waals surface area contributed by atoms with Gasteiger partial charge in [0, 0.05) is 42.6 Å². The Balaban J connectivity index is 1.32. The maximum atomic E-state index is 13.0. The second-order valence-corrected chi connectivity index (χ2v) is 12.2. The molecule has 2 heterocycles. The van der Waals surface area contributed by atoms with E-state index in [1.165, 1.54) is 4.90 Å². The van der Waals surface area contributed by atoms with E-state index >= 15 is 0 Å². The van der Waals surface area contributed by atoms with Gasteiger partial charge < -0.3 is 20.6 Å². The summed E-state index contributed by atoms with van der Waals surface area (Å²) in [6.45, 7) is 2.21. The van der Waals surface area contributed by atoms with Gasteiger partial charge in [-0.15, -0.1) is 0 Å². The van der Waals surface area contributed by atoms with Crippen molar-refractivity contribution < 1.29 is 33.9 Å². The lowest BCUT2D eigenvalue weighted by Gasteiger charge is -2.29. The smallest absolute Gasteiger partial charge is 0.326 e. The molecule has 0 saturated carbocycles. The van der Waals surface area contributed by atoms with Crippen molar-refractivity contribution in [3.63, 3.8) is 0 Å². The number of nitrogens with one attached hydrogen (secondary N) is 3. The second kappa shape index (κ2) is 22.4. The van der Waals surface area contributed by atoms with E-state index in [9.17, 15) is 33.9 Å². The molecule has 0 bridgehead atoms. The summed E-state index contributed by atoms with van der Waals surface area (Å²) in [6.07, 6.45) is 31.3. The summed E-state index contributed by atoms with van der Waals surface area (Å²) < 4.78 is 0. The molecule has 0 spiro atoms. The average Bonchev–Trinajstić information content (AvgIpc) is 3.44. The van der Waals surface area contributed by atoms with Gasteiger partial charge in [-0.25, -0.2) is 4.79 Å². The van der Waals surface area contributed by atoms with Crippen molar-refractivity contribution in [2.45, 2.75) is 103 Å². The van der Waals surface area contributed by atoms with Crippen LogP contribution in [0.2, 0.25) is 0 Å². The summed E-state index contributed by atoms with van der Waals surface area (Å²) in [7, 11) is 0. The van der Waals surface area contributed by atoms with Gasteiger partial charge in [0.05, 0.1) is 0 Å². The predicted octanol–water partition coefficient (Wildman–Crippen LogP) is 6.21. The van der Waals surface area contributed by atoms with Gasteiger partial charge in [0.1, 0.15) is 12.1 Å². The van der Waals surface area contributed by atoms with Crippen LogP contribution in [-0.4, -0.2) is 57.6 Å². The molecular formula is C40H50N4O7. The molecule has 0 aromatic heterocycles. The topological polar surface area (TPSA) is 162 Å². The first kappa shape index (κ1) is 40.1. The Bertz CT molecular complexity index is 1570. The quantitative estimate of drug-likeness (QED) is 0.0876. The van der Waals surface area contributed by atoms with Gasteiger partial charge in [-0.2, -0.15) is 0 Å². The fourth-order valence-corrected chi connectivity index (χ4v) is 5.57. The minimum absolute atomic E-state index is 0.0848. The van der Waals surface area contributed by atoms with Crippen LogP contribution in [0.5, 0.6) is 0 Å². The number of nitrogens with zero attached hydrogens (tertiary/aromatic N) is 1. The number of rotatable bonds is 21. The van der Waals surface area contributed by atoms with Gasteiger partial charge in [-0.1, -0.05) is 85.9 Å². The molecule has 1 aromatic rings. The maximum Gasteiger partial charge on any atom is 0.326 e. The van der Waals surface area contributed by atoms with Crippen LogP contribution in [0.3, 0.4) is 0 Å². The first-order chi connectivity index (χ1) is 24.7. The van der Waals surface area contributed by atoms with Crippen LogP contribution in [0.4, 0.5) is 5.69 Å². The van der Waals surface area contributed by atoms with Crippen molar-refractivity contribution in [2.24, 2.45) is 0 Å². The molecule has 11 heteroatoms. The summed E-state index contributed by atoms with van der Waals surface area (Å²) >= 11 is 0. The zero-order valence-electron chi connectivity index (χ0n) is 29.4. The normalized spacial score (nSPS) is 17.1. The predicted molar refractivity (Wildman–Crippen MR) is 197 cm³/mol. The van der Waals surface area contributed by atoms with Gasteiger partial charge in [0.2, 0.25) is 23.6 Å². The number of aliphatic carboxylic acids is 1. The van der Waals surface area contributed by atoms with Gasteiger partial charge in [0.15, 0.2) is 0 Å². The third-order valence-electron chi connectivity index (χ3n) is 8.28. The van der Waals surface area contributed by atoms with Crippen LogP contribution in [0.1, 0.15) is 99.9 Å². The van der Waals surface area contributed by atoms with Crippen LogP contribution in [0.25, 0.3) is 0 Å². The first-order valence-corrected chi connectivity index (χ1v) is 17.7. The number of carbonyl (C=O) groups is 6. The van der Waals surface area contributed by atoms with Gasteiger partial charge in [-0.3, -0.25) is 29.3 Å². The van der Waals surface area contributed by atoms with E-state index < -0.39 is 35.8 Å². The summed E-state index contributed by atoms with van der Waals surface area (Å²) in [5.74, 6) is -3.42. The number of hydrogen-bond donors (Lipinski definition) is 4. The second-order valence-electron chi connectivity index (χ2n) is 12.2. The number of allylic oxidation sites excluding steroid dienone is 12. The number of carbonyl (C=O) groups excluding carboxylic acids is 5. The highest BCUT2D eigenvalue weighted by atomic mass is 16.4. The SMILES string of the molecule is CC/C=C\C/C=C\C/C=C\C/C=C\C/C=C\C/C=C\CCC(=O)NC(CCC(=O)Nc1cccc2c1CN([C@H]1CCC(=O)NC1=O)C2=O)C(=O)O. The first-order valence-electron chi connectivity index (χ1n) is 17.7. The molecule has 1 saturated heterocycles. The van der Waals surface area contributed by atoms with E-state index in [4.69, 9.17) is 0 Å². The molecule has 2 aliphatic heterocycles. The third kappa shape index (κ3) is 14.2. The van der Waals surface area contributed by atoms with Crippen molar-refractivity contribution in [1.82, 2.24) is 15.5 Å². The number of piperidine rings is 1. The molecule has 1 unspecified atom stereocenters. The number of imide groups is 1. The molecule has 2 atom stereocenters. The maximum absolute atomic E-state index is 13.0. The lowest BCUT2D eigenvalue weighted by Crippen LogP contribution is -2.52. The van der Waals surface area contributed by atoms with Crippen molar-refractivity contribution >= 4 is 41.2 Å². The number of fused-ring (bicyclic) bond motifs is 1. The summed E-state index contributed by atoms with van der Waals surface area (Å²) in [5, 5.41) is 17.1. The molecule has 2 aliphatic rings. The zero-order valence-corrected chi connectivity index (χ0v) is 29.4.